The number of anilines is 1. The average Bonchev–Trinajstić information content (AvgIpc) is 3.18. The third-order valence-electron chi connectivity index (χ3n) is 4.02. The van der Waals surface area contributed by atoms with Gasteiger partial charge in [0.15, 0.2) is 11.5 Å². The van der Waals surface area contributed by atoms with Gasteiger partial charge in [-0.05, 0) is 42.5 Å². The van der Waals surface area contributed by atoms with E-state index >= 15 is 0 Å². The van der Waals surface area contributed by atoms with Crippen molar-refractivity contribution in [3.8, 4) is 17.1 Å². The molecule has 27 heavy (non-hydrogen) atoms. The Balaban J connectivity index is 1.53. The molecule has 4 aromatic rings. The van der Waals surface area contributed by atoms with Crippen molar-refractivity contribution in [2.24, 2.45) is 0 Å². The normalized spacial score (nSPS) is 10.7. The zero-order valence-corrected chi connectivity index (χ0v) is 15.0. The lowest BCUT2D eigenvalue weighted by atomic mass is 10.1. The van der Waals surface area contributed by atoms with Crippen molar-refractivity contribution in [1.29, 1.82) is 0 Å². The molecule has 134 valence electrons. The molecular weight excluding hydrogens is 366 g/mol. The standard InChI is InChI=1S/C20H14ClN3O3/c1-26-16-7-4-13-8-15(11-22-17(13)9-16)23-20(25)18-10-19(27-24-18)12-2-5-14(21)6-3-12/h2-11H,1H3,(H,23,25). The first-order chi connectivity index (χ1) is 13.1. The molecule has 2 aromatic carbocycles. The summed E-state index contributed by atoms with van der Waals surface area (Å²) in [7, 11) is 1.60. The Morgan fingerprint density at radius 2 is 1.93 bits per heavy atom. The molecule has 0 aliphatic rings. The fourth-order valence-corrected chi connectivity index (χ4v) is 2.75. The van der Waals surface area contributed by atoms with Gasteiger partial charge in [-0.15, -0.1) is 0 Å². The lowest BCUT2D eigenvalue weighted by Crippen LogP contribution is -2.12. The zero-order valence-electron chi connectivity index (χ0n) is 14.3. The van der Waals surface area contributed by atoms with Crippen molar-refractivity contribution >= 4 is 34.1 Å². The molecule has 0 spiro atoms. The molecule has 4 rings (SSSR count). The summed E-state index contributed by atoms with van der Waals surface area (Å²) in [5.41, 5.74) is 2.30. The van der Waals surface area contributed by atoms with Gasteiger partial charge in [-0.3, -0.25) is 9.78 Å². The van der Waals surface area contributed by atoms with Gasteiger partial charge in [0.25, 0.3) is 5.91 Å². The minimum absolute atomic E-state index is 0.176. The van der Waals surface area contributed by atoms with Crippen LogP contribution < -0.4 is 10.1 Å². The molecule has 0 aliphatic heterocycles. The van der Waals surface area contributed by atoms with Crippen LogP contribution in [0.15, 0.2) is 65.3 Å². The van der Waals surface area contributed by atoms with Gasteiger partial charge in [-0.1, -0.05) is 16.8 Å². The first kappa shape index (κ1) is 17.1. The van der Waals surface area contributed by atoms with Crippen LogP contribution >= 0.6 is 11.6 Å². The fourth-order valence-electron chi connectivity index (χ4n) is 2.62. The van der Waals surface area contributed by atoms with Gasteiger partial charge in [-0.25, -0.2) is 0 Å². The predicted octanol–water partition coefficient (Wildman–Crippen LogP) is 4.80. The number of halogens is 1. The summed E-state index contributed by atoms with van der Waals surface area (Å²) in [6, 6.07) is 16.0. The van der Waals surface area contributed by atoms with E-state index in [1.807, 2.05) is 24.3 Å². The molecule has 6 nitrogen and oxygen atoms in total. The third kappa shape index (κ3) is 3.61. The molecule has 2 heterocycles. The molecule has 2 aromatic heterocycles. The molecule has 0 unspecified atom stereocenters. The number of ether oxygens (including phenoxy) is 1. The SMILES string of the molecule is COc1ccc2cc(NC(=O)c3cc(-c4ccc(Cl)cc4)on3)cnc2c1. The molecule has 0 aliphatic carbocycles. The highest BCUT2D eigenvalue weighted by Crippen LogP contribution is 2.24. The number of methoxy groups -OCH3 is 1. The van der Waals surface area contributed by atoms with Crippen LogP contribution in [-0.4, -0.2) is 23.2 Å². The third-order valence-corrected chi connectivity index (χ3v) is 4.27. The number of nitrogens with one attached hydrogen (secondary N) is 1. The van der Waals surface area contributed by atoms with Gasteiger partial charge >= 0.3 is 0 Å². The van der Waals surface area contributed by atoms with Crippen molar-refractivity contribution in [2.75, 3.05) is 12.4 Å². The molecule has 0 radical (unpaired) electrons. The summed E-state index contributed by atoms with van der Waals surface area (Å²) in [6.45, 7) is 0. The zero-order chi connectivity index (χ0) is 18.8. The summed E-state index contributed by atoms with van der Waals surface area (Å²) in [4.78, 5) is 16.8. The first-order valence-electron chi connectivity index (χ1n) is 8.10. The van der Waals surface area contributed by atoms with Crippen molar-refractivity contribution < 1.29 is 14.1 Å². The maximum absolute atomic E-state index is 12.4. The summed E-state index contributed by atoms with van der Waals surface area (Å²) in [6.07, 6.45) is 1.58. The van der Waals surface area contributed by atoms with Gasteiger partial charge in [0.05, 0.1) is 24.5 Å². The summed E-state index contributed by atoms with van der Waals surface area (Å²) in [5, 5.41) is 8.12. The Morgan fingerprint density at radius 1 is 1.11 bits per heavy atom. The van der Waals surface area contributed by atoms with E-state index in [1.54, 1.807) is 43.6 Å². The van der Waals surface area contributed by atoms with E-state index in [-0.39, 0.29) is 11.6 Å². The minimum Gasteiger partial charge on any atom is -0.497 e. The highest BCUT2D eigenvalue weighted by Gasteiger charge is 2.14. The number of hydrogen-bond acceptors (Lipinski definition) is 5. The largest absolute Gasteiger partial charge is 0.497 e. The lowest BCUT2D eigenvalue weighted by Gasteiger charge is -2.05. The number of aromatic nitrogens is 2. The number of nitrogens with zero attached hydrogens (tertiary/aromatic N) is 2. The van der Waals surface area contributed by atoms with Crippen LogP contribution in [-0.2, 0) is 0 Å². The highest BCUT2D eigenvalue weighted by atomic mass is 35.5. The molecule has 0 fully saturated rings. The van der Waals surface area contributed by atoms with E-state index in [2.05, 4.69) is 15.5 Å². The molecule has 0 bridgehead atoms. The predicted molar refractivity (Wildman–Crippen MR) is 103 cm³/mol. The van der Waals surface area contributed by atoms with E-state index in [0.29, 0.717) is 16.5 Å². The lowest BCUT2D eigenvalue weighted by molar-refractivity contribution is 0.101. The van der Waals surface area contributed by atoms with Crippen molar-refractivity contribution in [1.82, 2.24) is 10.1 Å². The molecule has 0 saturated carbocycles. The number of amides is 1. The van der Waals surface area contributed by atoms with E-state index < -0.39 is 0 Å². The quantitative estimate of drug-likeness (QED) is 0.551. The summed E-state index contributed by atoms with van der Waals surface area (Å²) in [5.74, 6) is 0.832. The monoisotopic (exact) mass is 379 g/mol. The van der Waals surface area contributed by atoms with Crippen LogP contribution in [0, 0.1) is 0 Å². The Bertz CT molecular complexity index is 1120. The van der Waals surface area contributed by atoms with Crippen LogP contribution in [0.1, 0.15) is 10.5 Å². The van der Waals surface area contributed by atoms with E-state index in [0.717, 1.165) is 22.2 Å². The Labute approximate surface area is 159 Å². The van der Waals surface area contributed by atoms with E-state index in [9.17, 15) is 4.79 Å². The second-order valence-corrected chi connectivity index (χ2v) is 6.26. The Kier molecular flexibility index (Phi) is 4.48. The van der Waals surface area contributed by atoms with Crippen LogP contribution in [0.25, 0.3) is 22.2 Å². The number of fused-ring (bicyclic) bond motifs is 1. The molecular formula is C20H14ClN3O3. The number of benzene rings is 2. The summed E-state index contributed by atoms with van der Waals surface area (Å²) >= 11 is 5.88. The van der Waals surface area contributed by atoms with Gasteiger partial charge in [0, 0.05) is 28.1 Å². The van der Waals surface area contributed by atoms with Gasteiger partial charge in [0.1, 0.15) is 5.75 Å². The molecule has 7 heteroatoms. The van der Waals surface area contributed by atoms with Crippen LogP contribution in [0.4, 0.5) is 5.69 Å². The van der Waals surface area contributed by atoms with Crippen molar-refractivity contribution in [3.63, 3.8) is 0 Å². The number of pyridine rings is 1. The highest BCUT2D eigenvalue weighted by molar-refractivity contribution is 6.30. The fraction of sp³-hybridized carbons (Fsp3) is 0.0500. The number of carbonyl (C=O) groups is 1. The molecule has 0 atom stereocenters. The van der Waals surface area contributed by atoms with E-state index in [1.165, 1.54) is 0 Å². The molecule has 1 amide bonds. The van der Waals surface area contributed by atoms with Gasteiger partial charge in [-0.2, -0.15) is 0 Å². The number of hydrogen-bond donors (Lipinski definition) is 1. The minimum atomic E-state index is -0.381. The topological polar surface area (TPSA) is 77.2 Å². The van der Waals surface area contributed by atoms with Crippen LogP contribution in [0.5, 0.6) is 5.75 Å². The maximum atomic E-state index is 12.4. The second kappa shape index (κ2) is 7.09. The number of carbonyl (C=O) groups excluding carboxylic acids is 1. The second-order valence-electron chi connectivity index (χ2n) is 5.82. The molecule has 1 N–H and O–H groups in total. The van der Waals surface area contributed by atoms with Gasteiger partial charge < -0.3 is 14.6 Å². The van der Waals surface area contributed by atoms with Crippen molar-refractivity contribution in [2.45, 2.75) is 0 Å². The Hall–Kier alpha value is -3.38. The van der Waals surface area contributed by atoms with E-state index in [4.69, 9.17) is 20.9 Å². The first-order valence-corrected chi connectivity index (χ1v) is 8.48. The van der Waals surface area contributed by atoms with Gasteiger partial charge in [0.2, 0.25) is 0 Å². The number of rotatable bonds is 4. The average molecular weight is 380 g/mol. The van der Waals surface area contributed by atoms with Crippen molar-refractivity contribution in [3.05, 3.63) is 71.5 Å². The summed E-state index contributed by atoms with van der Waals surface area (Å²) < 4.78 is 10.4. The molecule has 0 saturated heterocycles. The maximum Gasteiger partial charge on any atom is 0.277 e. The van der Waals surface area contributed by atoms with Crippen LogP contribution in [0.2, 0.25) is 5.02 Å². The Morgan fingerprint density at radius 3 is 2.70 bits per heavy atom. The van der Waals surface area contributed by atoms with Crippen LogP contribution in [0.3, 0.4) is 0 Å². The smallest absolute Gasteiger partial charge is 0.277 e.